The van der Waals surface area contributed by atoms with Gasteiger partial charge in [-0.3, -0.25) is 0 Å². The van der Waals surface area contributed by atoms with E-state index in [-0.39, 0.29) is 0 Å². The molecule has 0 heterocycles. The summed E-state index contributed by atoms with van der Waals surface area (Å²) in [6, 6.07) is 0.817. The fourth-order valence-electron chi connectivity index (χ4n) is 3.30. The van der Waals surface area contributed by atoms with Crippen molar-refractivity contribution in [1.82, 2.24) is 0 Å². The Labute approximate surface area is 148 Å². The Morgan fingerprint density at radius 1 is 0.565 bits per heavy atom. The van der Waals surface area contributed by atoms with Crippen molar-refractivity contribution in [2.45, 2.75) is 123 Å². The van der Waals surface area contributed by atoms with Gasteiger partial charge in [0.05, 0.1) is 26.7 Å². The molecule has 0 aliphatic carbocycles. The van der Waals surface area contributed by atoms with Gasteiger partial charge in [0.15, 0.2) is 0 Å². The van der Waals surface area contributed by atoms with Crippen molar-refractivity contribution in [3.05, 3.63) is 0 Å². The number of quaternary nitrogens is 1. The molecule has 0 aromatic rings. The zero-order valence-corrected chi connectivity index (χ0v) is 17.3. The quantitative estimate of drug-likeness (QED) is 0.194. The van der Waals surface area contributed by atoms with Crippen molar-refractivity contribution in [3.63, 3.8) is 0 Å². The highest BCUT2D eigenvalue weighted by molar-refractivity contribution is 4.54. The van der Waals surface area contributed by atoms with Gasteiger partial charge in [0, 0.05) is 0 Å². The molecule has 0 fully saturated rings. The molecule has 1 heteroatoms. The summed E-state index contributed by atoms with van der Waals surface area (Å²) >= 11 is 0. The van der Waals surface area contributed by atoms with E-state index in [2.05, 4.69) is 34.9 Å². The molecular formula is C22H48N+. The molecule has 0 saturated carbocycles. The lowest BCUT2D eigenvalue weighted by Gasteiger charge is -2.35. The van der Waals surface area contributed by atoms with Crippen LogP contribution in [-0.4, -0.2) is 31.2 Å². The van der Waals surface area contributed by atoms with Gasteiger partial charge in [-0.15, -0.1) is 0 Å². The SMILES string of the molecule is CCCCCCCCCCCCCCCCC(C)[N+](C)(C)CC. The van der Waals surface area contributed by atoms with Crippen LogP contribution >= 0.6 is 0 Å². The first kappa shape index (κ1) is 23.0. The van der Waals surface area contributed by atoms with Gasteiger partial charge in [0.25, 0.3) is 0 Å². The maximum Gasteiger partial charge on any atom is 0.0857 e. The Balaban J connectivity index is 3.19. The first-order valence-corrected chi connectivity index (χ1v) is 10.9. The second-order valence-corrected chi connectivity index (χ2v) is 8.33. The Kier molecular flexibility index (Phi) is 15.5. The molecule has 0 saturated heterocycles. The molecule has 0 amide bonds. The van der Waals surface area contributed by atoms with Crippen LogP contribution in [0.2, 0.25) is 0 Å². The van der Waals surface area contributed by atoms with Crippen molar-refractivity contribution < 1.29 is 4.48 Å². The van der Waals surface area contributed by atoms with Crippen LogP contribution in [0.15, 0.2) is 0 Å². The lowest BCUT2D eigenvalue weighted by atomic mass is 10.0. The van der Waals surface area contributed by atoms with Gasteiger partial charge in [-0.1, -0.05) is 90.4 Å². The van der Waals surface area contributed by atoms with Crippen LogP contribution in [0.3, 0.4) is 0 Å². The fourth-order valence-corrected chi connectivity index (χ4v) is 3.30. The standard InChI is InChI=1S/C22H48N/c1-6-8-9-10-11-12-13-14-15-16-17-18-19-20-21-22(3)23(4,5)7-2/h22H,6-21H2,1-5H3/q+1. The maximum absolute atomic E-state index is 2.42. The van der Waals surface area contributed by atoms with Gasteiger partial charge in [-0.25, -0.2) is 0 Å². The van der Waals surface area contributed by atoms with Crippen LogP contribution in [0.4, 0.5) is 0 Å². The highest BCUT2D eigenvalue weighted by Crippen LogP contribution is 2.16. The predicted octanol–water partition coefficient (Wildman–Crippen LogP) is 7.34. The predicted molar refractivity (Wildman–Crippen MR) is 107 cm³/mol. The van der Waals surface area contributed by atoms with E-state index in [1.165, 1.54) is 107 Å². The molecule has 23 heavy (non-hydrogen) atoms. The van der Waals surface area contributed by atoms with Gasteiger partial charge >= 0.3 is 0 Å². The summed E-state index contributed by atoms with van der Waals surface area (Å²) in [7, 11) is 4.74. The third kappa shape index (κ3) is 14.0. The van der Waals surface area contributed by atoms with Crippen LogP contribution in [0, 0.1) is 0 Å². The number of hydrogen-bond acceptors (Lipinski definition) is 0. The van der Waals surface area contributed by atoms with E-state index in [0.29, 0.717) is 0 Å². The maximum atomic E-state index is 2.42. The monoisotopic (exact) mass is 326 g/mol. The van der Waals surface area contributed by atoms with Crippen molar-refractivity contribution in [3.8, 4) is 0 Å². The van der Waals surface area contributed by atoms with E-state index in [9.17, 15) is 0 Å². The van der Waals surface area contributed by atoms with Crippen molar-refractivity contribution in [2.24, 2.45) is 0 Å². The topological polar surface area (TPSA) is 0 Å². The molecule has 1 nitrogen and oxygen atoms in total. The van der Waals surface area contributed by atoms with Crippen LogP contribution in [0.1, 0.15) is 117 Å². The second-order valence-electron chi connectivity index (χ2n) is 8.33. The molecule has 0 bridgehead atoms. The summed E-state index contributed by atoms with van der Waals surface area (Å²) in [6.07, 6.45) is 21.8. The summed E-state index contributed by atoms with van der Waals surface area (Å²) in [5, 5.41) is 0. The summed E-state index contributed by atoms with van der Waals surface area (Å²) in [4.78, 5) is 0. The van der Waals surface area contributed by atoms with E-state index in [1.807, 2.05) is 0 Å². The minimum Gasteiger partial charge on any atom is -0.327 e. The van der Waals surface area contributed by atoms with Gasteiger partial charge in [-0.05, 0) is 26.7 Å². The molecule has 140 valence electrons. The van der Waals surface area contributed by atoms with Crippen LogP contribution < -0.4 is 0 Å². The van der Waals surface area contributed by atoms with Gasteiger partial charge in [0.2, 0.25) is 0 Å². The molecule has 1 unspecified atom stereocenters. The van der Waals surface area contributed by atoms with Gasteiger partial charge < -0.3 is 4.48 Å². The summed E-state index contributed by atoms with van der Waals surface area (Å²) in [6.45, 7) is 8.28. The number of hydrogen-bond donors (Lipinski definition) is 0. The largest absolute Gasteiger partial charge is 0.327 e. The smallest absolute Gasteiger partial charge is 0.0857 e. The average Bonchev–Trinajstić information content (AvgIpc) is 2.54. The lowest BCUT2D eigenvalue weighted by Crippen LogP contribution is -2.46. The van der Waals surface area contributed by atoms with E-state index in [1.54, 1.807) is 0 Å². The molecule has 0 aliphatic rings. The van der Waals surface area contributed by atoms with Crippen LogP contribution in [0.5, 0.6) is 0 Å². The molecule has 0 rings (SSSR count). The number of rotatable bonds is 17. The van der Waals surface area contributed by atoms with E-state index in [4.69, 9.17) is 0 Å². The molecule has 0 radical (unpaired) electrons. The van der Waals surface area contributed by atoms with Gasteiger partial charge in [-0.2, -0.15) is 0 Å². The van der Waals surface area contributed by atoms with Crippen LogP contribution in [0.25, 0.3) is 0 Å². The Morgan fingerprint density at radius 3 is 1.26 bits per heavy atom. The summed E-state index contributed by atoms with van der Waals surface area (Å²) in [5.74, 6) is 0. The van der Waals surface area contributed by atoms with Crippen molar-refractivity contribution in [1.29, 1.82) is 0 Å². The number of nitrogens with zero attached hydrogens (tertiary/aromatic N) is 1. The average molecular weight is 327 g/mol. The first-order valence-electron chi connectivity index (χ1n) is 10.9. The zero-order chi connectivity index (χ0) is 17.4. The molecule has 0 aromatic heterocycles. The third-order valence-corrected chi connectivity index (χ3v) is 5.98. The van der Waals surface area contributed by atoms with E-state index >= 15 is 0 Å². The highest BCUT2D eigenvalue weighted by atomic mass is 15.3. The van der Waals surface area contributed by atoms with Gasteiger partial charge in [0.1, 0.15) is 0 Å². The summed E-state index contributed by atoms with van der Waals surface area (Å²) < 4.78 is 1.18. The Hall–Kier alpha value is -0.0400. The number of unbranched alkanes of at least 4 members (excludes halogenated alkanes) is 13. The Bertz CT molecular complexity index is 234. The Morgan fingerprint density at radius 2 is 0.913 bits per heavy atom. The molecular weight excluding hydrogens is 278 g/mol. The van der Waals surface area contributed by atoms with Crippen molar-refractivity contribution in [2.75, 3.05) is 20.6 Å². The molecule has 0 N–H and O–H groups in total. The zero-order valence-electron chi connectivity index (χ0n) is 17.3. The fraction of sp³-hybridized carbons (Fsp3) is 1.00. The minimum atomic E-state index is 0.817. The van der Waals surface area contributed by atoms with E-state index in [0.717, 1.165) is 6.04 Å². The minimum absolute atomic E-state index is 0.817. The first-order chi connectivity index (χ1) is 11.0. The molecule has 0 spiro atoms. The second kappa shape index (κ2) is 15.5. The third-order valence-electron chi connectivity index (χ3n) is 5.98. The normalized spacial score (nSPS) is 13.4. The molecule has 0 aliphatic heterocycles. The van der Waals surface area contributed by atoms with Crippen LogP contribution in [-0.2, 0) is 0 Å². The molecule has 0 aromatic carbocycles. The highest BCUT2D eigenvalue weighted by Gasteiger charge is 2.20. The lowest BCUT2D eigenvalue weighted by molar-refractivity contribution is -0.911. The van der Waals surface area contributed by atoms with Crippen molar-refractivity contribution >= 4 is 0 Å². The van der Waals surface area contributed by atoms with E-state index < -0.39 is 0 Å². The summed E-state index contributed by atoms with van der Waals surface area (Å²) in [5.41, 5.74) is 0. The molecule has 1 atom stereocenters.